The Bertz CT molecular complexity index is 706. The predicted molar refractivity (Wildman–Crippen MR) is 82.9 cm³/mol. The summed E-state index contributed by atoms with van der Waals surface area (Å²) >= 11 is 4.75. The highest BCUT2D eigenvalue weighted by Gasteiger charge is 2.13. The zero-order chi connectivity index (χ0) is 13.2. The summed E-state index contributed by atoms with van der Waals surface area (Å²) in [5.41, 5.74) is 2.14. The molecule has 0 saturated heterocycles. The van der Waals surface area contributed by atoms with E-state index in [4.69, 9.17) is 4.74 Å². The summed E-state index contributed by atoms with van der Waals surface area (Å²) in [6, 6.07) is 8.20. The van der Waals surface area contributed by atoms with E-state index in [1.807, 2.05) is 16.8 Å². The van der Waals surface area contributed by atoms with E-state index in [-0.39, 0.29) is 0 Å². The third kappa shape index (κ3) is 2.25. The molecule has 0 amide bonds. The Kier molecular flexibility index (Phi) is 3.50. The Labute approximate surface area is 122 Å². The third-order valence-corrected chi connectivity index (χ3v) is 5.62. The van der Waals surface area contributed by atoms with Crippen molar-refractivity contribution < 1.29 is 9.53 Å². The van der Waals surface area contributed by atoms with Crippen LogP contribution >= 0.6 is 34.0 Å². The van der Waals surface area contributed by atoms with Crippen molar-refractivity contribution in [1.29, 1.82) is 0 Å². The SMILES string of the molecule is COc1sccc1-c1ccc(-c2ccsc2C=O)s1. The van der Waals surface area contributed by atoms with Crippen LogP contribution in [0.1, 0.15) is 9.67 Å². The maximum Gasteiger partial charge on any atom is 0.182 e. The van der Waals surface area contributed by atoms with Crippen molar-refractivity contribution in [3.8, 4) is 25.9 Å². The van der Waals surface area contributed by atoms with Gasteiger partial charge in [-0.1, -0.05) is 0 Å². The van der Waals surface area contributed by atoms with E-state index >= 15 is 0 Å². The smallest absolute Gasteiger partial charge is 0.182 e. The Balaban J connectivity index is 2.02. The van der Waals surface area contributed by atoms with Gasteiger partial charge < -0.3 is 4.74 Å². The van der Waals surface area contributed by atoms with Crippen molar-refractivity contribution >= 4 is 40.3 Å². The molecule has 3 aromatic heterocycles. The molecule has 0 N–H and O–H groups in total. The largest absolute Gasteiger partial charge is 0.487 e. The Morgan fingerprint density at radius 3 is 2.42 bits per heavy atom. The zero-order valence-corrected chi connectivity index (χ0v) is 12.5. The predicted octanol–water partition coefficient (Wildman–Crippen LogP) is 5.03. The average molecular weight is 306 g/mol. The summed E-state index contributed by atoms with van der Waals surface area (Å²) in [6.07, 6.45) is 0.921. The van der Waals surface area contributed by atoms with Gasteiger partial charge in [-0.05, 0) is 35.0 Å². The number of thiophene rings is 3. The molecule has 3 rings (SSSR count). The topological polar surface area (TPSA) is 26.3 Å². The Morgan fingerprint density at radius 2 is 1.68 bits per heavy atom. The molecular weight excluding hydrogens is 296 g/mol. The van der Waals surface area contributed by atoms with Crippen LogP contribution < -0.4 is 4.74 Å². The molecule has 0 aliphatic heterocycles. The lowest BCUT2D eigenvalue weighted by molar-refractivity contribution is 0.112. The number of hydrogen-bond donors (Lipinski definition) is 0. The van der Waals surface area contributed by atoms with Crippen molar-refractivity contribution in [3.63, 3.8) is 0 Å². The fourth-order valence-electron chi connectivity index (χ4n) is 1.88. The summed E-state index contributed by atoms with van der Waals surface area (Å²) in [6.45, 7) is 0. The number of aldehydes is 1. The number of methoxy groups -OCH3 is 1. The minimum atomic E-state index is 0.783. The molecule has 3 aromatic rings. The lowest BCUT2D eigenvalue weighted by Crippen LogP contribution is -1.79. The summed E-state index contributed by atoms with van der Waals surface area (Å²) in [4.78, 5) is 14.1. The molecule has 2 nitrogen and oxygen atoms in total. The van der Waals surface area contributed by atoms with E-state index in [2.05, 4.69) is 18.2 Å². The molecule has 0 aliphatic carbocycles. The lowest BCUT2D eigenvalue weighted by atomic mass is 10.2. The fourth-order valence-corrected chi connectivity index (χ4v) is 4.52. The van der Waals surface area contributed by atoms with Gasteiger partial charge in [0.05, 0.1) is 12.0 Å². The van der Waals surface area contributed by atoms with E-state index in [1.165, 1.54) is 11.3 Å². The molecule has 19 heavy (non-hydrogen) atoms. The van der Waals surface area contributed by atoms with E-state index in [0.29, 0.717) is 0 Å². The molecule has 0 radical (unpaired) electrons. The molecule has 0 fully saturated rings. The average Bonchev–Trinajstić information content (AvgIpc) is 3.16. The third-order valence-electron chi connectivity index (χ3n) is 2.75. The molecule has 0 spiro atoms. The molecule has 5 heteroatoms. The van der Waals surface area contributed by atoms with Gasteiger partial charge in [-0.25, -0.2) is 0 Å². The first-order chi connectivity index (χ1) is 9.33. The normalized spacial score (nSPS) is 10.6. The maximum atomic E-state index is 11.0. The fraction of sp³-hybridized carbons (Fsp3) is 0.0714. The van der Waals surface area contributed by atoms with Crippen LogP contribution in [-0.4, -0.2) is 13.4 Å². The molecule has 0 aliphatic rings. The second kappa shape index (κ2) is 5.28. The highest BCUT2D eigenvalue weighted by Crippen LogP contribution is 2.42. The minimum Gasteiger partial charge on any atom is -0.487 e. The van der Waals surface area contributed by atoms with E-state index in [0.717, 1.165) is 37.1 Å². The summed E-state index contributed by atoms with van der Waals surface area (Å²) < 4.78 is 5.36. The summed E-state index contributed by atoms with van der Waals surface area (Å²) in [5, 5.41) is 4.90. The van der Waals surface area contributed by atoms with Crippen LogP contribution in [-0.2, 0) is 0 Å². The van der Waals surface area contributed by atoms with Crippen LogP contribution in [0.2, 0.25) is 0 Å². The number of carbonyl (C=O) groups is 1. The number of carbonyl (C=O) groups excluding carboxylic acids is 1. The minimum absolute atomic E-state index is 0.783. The second-order valence-electron chi connectivity index (χ2n) is 3.81. The van der Waals surface area contributed by atoms with Gasteiger partial charge in [0.1, 0.15) is 0 Å². The monoisotopic (exact) mass is 306 g/mol. The number of ether oxygens (including phenoxy) is 1. The van der Waals surface area contributed by atoms with Gasteiger partial charge in [-0.15, -0.1) is 34.0 Å². The van der Waals surface area contributed by atoms with Crippen LogP contribution in [0, 0.1) is 0 Å². The quantitative estimate of drug-likeness (QED) is 0.632. The maximum absolute atomic E-state index is 11.0. The van der Waals surface area contributed by atoms with Crippen molar-refractivity contribution in [1.82, 2.24) is 0 Å². The van der Waals surface area contributed by atoms with Crippen LogP contribution in [0.3, 0.4) is 0 Å². The van der Waals surface area contributed by atoms with Crippen LogP contribution in [0.5, 0.6) is 5.06 Å². The molecule has 3 heterocycles. The van der Waals surface area contributed by atoms with Crippen molar-refractivity contribution in [2.24, 2.45) is 0 Å². The van der Waals surface area contributed by atoms with Crippen LogP contribution in [0.4, 0.5) is 0 Å². The van der Waals surface area contributed by atoms with Gasteiger partial charge in [0.25, 0.3) is 0 Å². The Morgan fingerprint density at radius 1 is 1.00 bits per heavy atom. The highest BCUT2D eigenvalue weighted by molar-refractivity contribution is 7.20. The molecule has 96 valence electrons. The first-order valence-electron chi connectivity index (χ1n) is 5.58. The highest BCUT2D eigenvalue weighted by atomic mass is 32.1. The van der Waals surface area contributed by atoms with E-state index < -0.39 is 0 Å². The summed E-state index contributed by atoms with van der Waals surface area (Å²) in [7, 11) is 1.69. The standard InChI is InChI=1S/C14H10O2S3/c1-16-14-10(5-7-18-14)12-3-2-11(19-12)9-4-6-17-13(9)8-15/h2-8H,1H3. The van der Waals surface area contributed by atoms with Crippen molar-refractivity contribution in [3.05, 3.63) is 39.9 Å². The number of hydrogen-bond acceptors (Lipinski definition) is 5. The zero-order valence-electron chi connectivity index (χ0n) is 10.1. The van der Waals surface area contributed by atoms with Gasteiger partial charge in [-0.3, -0.25) is 4.79 Å². The summed E-state index contributed by atoms with van der Waals surface area (Å²) in [5.74, 6) is 0. The Hall–Kier alpha value is -1.43. The van der Waals surface area contributed by atoms with Gasteiger partial charge in [0, 0.05) is 20.9 Å². The van der Waals surface area contributed by atoms with Crippen molar-refractivity contribution in [2.45, 2.75) is 0 Å². The van der Waals surface area contributed by atoms with Gasteiger partial charge >= 0.3 is 0 Å². The lowest BCUT2D eigenvalue weighted by Gasteiger charge is -1.98. The van der Waals surface area contributed by atoms with E-state index in [9.17, 15) is 4.79 Å². The second-order valence-corrected chi connectivity index (χ2v) is 6.72. The number of rotatable bonds is 4. The molecule has 0 saturated carbocycles. The van der Waals surface area contributed by atoms with Gasteiger partial charge in [0.2, 0.25) is 0 Å². The first kappa shape index (κ1) is 12.6. The van der Waals surface area contributed by atoms with Gasteiger partial charge in [0.15, 0.2) is 11.3 Å². The van der Waals surface area contributed by atoms with Crippen molar-refractivity contribution in [2.75, 3.05) is 7.11 Å². The molecule has 0 aromatic carbocycles. The molecule has 0 bridgehead atoms. The van der Waals surface area contributed by atoms with Gasteiger partial charge in [-0.2, -0.15) is 0 Å². The first-order valence-corrected chi connectivity index (χ1v) is 8.16. The van der Waals surface area contributed by atoms with E-state index in [1.54, 1.807) is 29.8 Å². The molecular formula is C14H10O2S3. The molecule has 0 atom stereocenters. The molecule has 0 unspecified atom stereocenters. The van der Waals surface area contributed by atoms with Crippen LogP contribution in [0.25, 0.3) is 20.9 Å². The van der Waals surface area contributed by atoms with Crippen LogP contribution in [0.15, 0.2) is 35.0 Å².